The number of carboxylic acids is 2. The molecule has 0 aromatic heterocycles. The van der Waals surface area contributed by atoms with E-state index in [-0.39, 0.29) is 12.1 Å². The zero-order chi connectivity index (χ0) is 18.5. The first-order chi connectivity index (χ1) is 10.8. The molecule has 0 aliphatic heterocycles. The van der Waals surface area contributed by atoms with Crippen molar-refractivity contribution in [3.8, 4) is 0 Å². The van der Waals surface area contributed by atoms with Crippen LogP contribution in [0.3, 0.4) is 0 Å². The van der Waals surface area contributed by atoms with Crippen molar-refractivity contribution in [3.63, 3.8) is 0 Å². The van der Waals surface area contributed by atoms with Gasteiger partial charge in [-0.2, -0.15) is 0 Å². The van der Waals surface area contributed by atoms with Crippen molar-refractivity contribution in [3.05, 3.63) is 0 Å². The van der Waals surface area contributed by atoms with Gasteiger partial charge in [-0.3, -0.25) is 10.2 Å². The maximum Gasteiger partial charge on any atom is 0.349 e. The summed E-state index contributed by atoms with van der Waals surface area (Å²) in [6.45, 7) is 7.38. The van der Waals surface area contributed by atoms with Gasteiger partial charge in [-0.15, -0.1) is 0 Å². The summed E-state index contributed by atoms with van der Waals surface area (Å²) < 4.78 is 0. The fraction of sp³-hybridized carbons (Fsp3) is 0.833. The summed E-state index contributed by atoms with van der Waals surface area (Å²) >= 11 is 0. The summed E-state index contributed by atoms with van der Waals surface area (Å²) in [5, 5.41) is 21.8. The average Bonchev–Trinajstić information content (AvgIpc) is 2.51. The average molecular weight is 331 g/mol. The van der Waals surface area contributed by atoms with Crippen molar-refractivity contribution in [1.29, 1.82) is 5.41 Å². The van der Waals surface area contributed by atoms with E-state index in [9.17, 15) is 9.59 Å². The molecule has 0 rings (SSSR count). The van der Waals surface area contributed by atoms with Gasteiger partial charge in [0.1, 0.15) is 5.71 Å². The number of aliphatic carboxylic acids is 2. The Kier molecular flexibility index (Phi) is 26.4. The number of unbranched alkanes of at least 4 members (excludes halogenated alkanes) is 9. The quantitative estimate of drug-likeness (QED) is 0.343. The number of rotatable bonds is 11. The summed E-state index contributed by atoms with van der Waals surface area (Å²) in [4.78, 5) is 18.8. The third kappa shape index (κ3) is 38.5. The number of hydrogen-bond donors (Lipinski definition) is 3. The normalized spacial score (nSPS) is 9.04. The van der Waals surface area contributed by atoms with E-state index in [1.165, 1.54) is 71.1 Å². The number of hydrogen-bond acceptors (Lipinski definition) is 3. The lowest BCUT2D eigenvalue weighted by Crippen LogP contribution is -2.04. The summed E-state index contributed by atoms with van der Waals surface area (Å²) in [6.07, 6.45) is 14.7. The molecule has 0 atom stereocenters. The molecule has 0 fully saturated rings. The highest BCUT2D eigenvalue weighted by Crippen LogP contribution is 2.09. The van der Waals surface area contributed by atoms with Crippen LogP contribution in [-0.2, 0) is 9.59 Å². The van der Waals surface area contributed by atoms with Crippen LogP contribution in [-0.4, -0.2) is 27.9 Å². The van der Waals surface area contributed by atoms with Gasteiger partial charge in [0, 0.05) is 6.42 Å². The van der Waals surface area contributed by atoms with Crippen LogP contribution in [0.15, 0.2) is 0 Å². The van der Waals surface area contributed by atoms with E-state index in [1.807, 2.05) is 0 Å². The second kappa shape index (κ2) is 22.9. The maximum absolute atomic E-state index is 9.47. The molecule has 0 saturated carbocycles. The Balaban J connectivity index is -0.000000303. The van der Waals surface area contributed by atoms with Gasteiger partial charge < -0.3 is 10.2 Å². The second-order valence-electron chi connectivity index (χ2n) is 5.51. The van der Waals surface area contributed by atoms with Crippen molar-refractivity contribution >= 4 is 17.7 Å². The zero-order valence-electron chi connectivity index (χ0n) is 15.5. The largest absolute Gasteiger partial charge is 0.481 e. The van der Waals surface area contributed by atoms with Crippen molar-refractivity contribution in [2.75, 3.05) is 0 Å². The molecular weight excluding hydrogens is 294 g/mol. The fourth-order valence-corrected chi connectivity index (χ4v) is 1.56. The van der Waals surface area contributed by atoms with Crippen molar-refractivity contribution in [1.82, 2.24) is 0 Å². The van der Waals surface area contributed by atoms with Crippen LogP contribution in [0.4, 0.5) is 0 Å². The first-order valence-electron chi connectivity index (χ1n) is 8.83. The molecule has 0 unspecified atom stereocenters. The lowest BCUT2D eigenvalue weighted by Gasteiger charge is -1.99. The Bertz CT molecular complexity index is 269. The molecule has 5 nitrogen and oxygen atoms in total. The van der Waals surface area contributed by atoms with E-state index in [0.717, 1.165) is 0 Å². The lowest BCUT2D eigenvalue weighted by molar-refractivity contribution is -0.136. The molecule has 0 radical (unpaired) electrons. The predicted octanol–water partition coefficient (Wildman–Crippen LogP) is 5.52. The van der Waals surface area contributed by atoms with Crippen molar-refractivity contribution < 1.29 is 19.8 Å². The summed E-state index contributed by atoms with van der Waals surface area (Å²) in [7, 11) is 0. The number of carbonyl (C=O) groups is 2. The van der Waals surface area contributed by atoms with Crippen LogP contribution in [0.2, 0.25) is 0 Å². The smallest absolute Gasteiger partial charge is 0.349 e. The molecule has 5 heteroatoms. The number of carboxylic acid groups (broad SMARTS) is 2. The Morgan fingerprint density at radius 2 is 0.957 bits per heavy atom. The molecule has 0 bridgehead atoms. The van der Waals surface area contributed by atoms with Crippen LogP contribution in [0.5, 0.6) is 0 Å². The summed E-state index contributed by atoms with van der Waals surface area (Å²) in [5.74, 6) is -1.90. The van der Waals surface area contributed by atoms with E-state index in [1.54, 1.807) is 6.92 Å². The van der Waals surface area contributed by atoms with Gasteiger partial charge in [-0.1, -0.05) is 85.0 Å². The summed E-state index contributed by atoms with van der Waals surface area (Å²) in [5.41, 5.74) is -0.324. The van der Waals surface area contributed by atoms with Crippen molar-refractivity contribution in [2.45, 2.75) is 98.3 Å². The highest BCUT2D eigenvalue weighted by Gasteiger charge is 1.93. The minimum atomic E-state index is -1.16. The Morgan fingerprint density at radius 3 is 1.09 bits per heavy atom. The Labute approximate surface area is 142 Å². The predicted molar refractivity (Wildman–Crippen MR) is 96.5 cm³/mol. The number of nitrogens with one attached hydrogen (secondary N) is 1. The van der Waals surface area contributed by atoms with E-state index in [4.69, 9.17) is 15.6 Å². The molecule has 0 aliphatic rings. The van der Waals surface area contributed by atoms with Crippen molar-refractivity contribution in [2.24, 2.45) is 0 Å². The molecule has 3 N–H and O–H groups in total. The monoisotopic (exact) mass is 331 g/mol. The van der Waals surface area contributed by atoms with Crippen LogP contribution in [0, 0.1) is 5.41 Å². The zero-order valence-corrected chi connectivity index (χ0v) is 15.5. The summed E-state index contributed by atoms with van der Waals surface area (Å²) in [6, 6.07) is 0. The Hall–Kier alpha value is -1.39. The van der Waals surface area contributed by atoms with Gasteiger partial charge in [0.15, 0.2) is 0 Å². The van der Waals surface area contributed by atoms with E-state index in [2.05, 4.69) is 13.8 Å². The minimum Gasteiger partial charge on any atom is -0.481 e. The third-order valence-corrected chi connectivity index (χ3v) is 3.08. The van der Waals surface area contributed by atoms with Crippen LogP contribution < -0.4 is 0 Å². The van der Waals surface area contributed by atoms with Gasteiger partial charge in [0.2, 0.25) is 0 Å². The third-order valence-electron chi connectivity index (χ3n) is 3.08. The lowest BCUT2D eigenvalue weighted by atomic mass is 10.1. The fourth-order valence-electron chi connectivity index (χ4n) is 1.56. The molecular formula is C18H37NO4. The van der Waals surface area contributed by atoms with Crippen LogP contribution in [0.1, 0.15) is 98.3 Å². The first kappa shape index (κ1) is 26.5. The standard InChI is InChI=1S/C12H26.C3H5NO2.C3H6O2/c1-3-5-7-9-11-12-10-8-6-4-2;1-2(4)3(5)6;1-2-3(4)5/h3-12H2,1-2H3;4H,1H3,(H,5,6);2H2,1H3,(H,4,5). The molecule has 0 amide bonds. The molecule has 138 valence electrons. The van der Waals surface area contributed by atoms with Crippen LogP contribution in [0.25, 0.3) is 0 Å². The molecule has 0 saturated heterocycles. The minimum absolute atomic E-state index is 0.222. The van der Waals surface area contributed by atoms with Gasteiger partial charge in [-0.25, -0.2) is 4.79 Å². The topological polar surface area (TPSA) is 98.5 Å². The molecule has 0 spiro atoms. The molecule has 23 heavy (non-hydrogen) atoms. The van der Waals surface area contributed by atoms with E-state index < -0.39 is 11.9 Å². The van der Waals surface area contributed by atoms with Gasteiger partial charge in [-0.05, 0) is 6.92 Å². The highest BCUT2D eigenvalue weighted by atomic mass is 16.4. The molecule has 0 aromatic carbocycles. The molecule has 0 aromatic rings. The second-order valence-corrected chi connectivity index (χ2v) is 5.51. The van der Waals surface area contributed by atoms with Crippen LogP contribution >= 0.6 is 0 Å². The first-order valence-corrected chi connectivity index (χ1v) is 8.83. The van der Waals surface area contributed by atoms with Gasteiger partial charge >= 0.3 is 11.9 Å². The van der Waals surface area contributed by atoms with Gasteiger partial charge in [0.25, 0.3) is 0 Å². The Morgan fingerprint density at radius 1 is 0.739 bits per heavy atom. The highest BCUT2D eigenvalue weighted by molar-refractivity contribution is 6.33. The van der Waals surface area contributed by atoms with E-state index >= 15 is 0 Å². The van der Waals surface area contributed by atoms with Gasteiger partial charge in [0.05, 0.1) is 0 Å². The molecule has 0 heterocycles. The SMILES string of the molecule is CC(=N)C(=O)O.CCC(=O)O.CCCCCCCCCCCC. The molecule has 0 aliphatic carbocycles. The van der Waals surface area contributed by atoms with E-state index in [0.29, 0.717) is 0 Å². The maximum atomic E-state index is 9.47.